The third kappa shape index (κ3) is 4.61. The molecular formula is C14H16F2N2OS. The number of furan rings is 1. The average Bonchev–Trinajstić information content (AvgIpc) is 2.91. The summed E-state index contributed by atoms with van der Waals surface area (Å²) in [5.74, 6) is -0.866. The predicted octanol–water partition coefficient (Wildman–Crippen LogP) is 3.98. The van der Waals surface area contributed by atoms with Crippen molar-refractivity contribution >= 4 is 11.8 Å². The van der Waals surface area contributed by atoms with Gasteiger partial charge < -0.3 is 9.73 Å². The number of hydrogen-bond acceptors (Lipinski definition) is 4. The van der Waals surface area contributed by atoms with Gasteiger partial charge in [0.1, 0.15) is 11.5 Å². The van der Waals surface area contributed by atoms with E-state index in [1.165, 1.54) is 0 Å². The Balaban J connectivity index is 1.82. The van der Waals surface area contributed by atoms with Crippen molar-refractivity contribution in [2.24, 2.45) is 0 Å². The average molecular weight is 298 g/mol. The summed E-state index contributed by atoms with van der Waals surface area (Å²) in [7, 11) is 0. The molecule has 20 heavy (non-hydrogen) atoms. The topological polar surface area (TPSA) is 38.1 Å². The Labute approximate surface area is 120 Å². The predicted molar refractivity (Wildman–Crippen MR) is 75.5 cm³/mol. The largest absolute Gasteiger partial charge is 0.464 e. The maximum absolute atomic E-state index is 12.1. The number of pyridine rings is 1. The summed E-state index contributed by atoms with van der Waals surface area (Å²) < 4.78 is 29.6. The molecule has 2 aromatic heterocycles. The molecule has 6 heteroatoms. The first kappa shape index (κ1) is 15.0. The quantitative estimate of drug-likeness (QED) is 0.839. The number of thioether (sulfide) groups is 1. The lowest BCUT2D eigenvalue weighted by Gasteiger charge is -2.12. The SMILES string of the molecule is C[C@H](NCc1ccc(CSC(F)F)o1)c1cccnc1. The van der Waals surface area contributed by atoms with E-state index in [-0.39, 0.29) is 11.8 Å². The van der Waals surface area contributed by atoms with Gasteiger partial charge in [0, 0.05) is 18.4 Å². The molecule has 0 saturated heterocycles. The molecule has 0 aromatic carbocycles. The molecule has 0 radical (unpaired) electrons. The van der Waals surface area contributed by atoms with E-state index < -0.39 is 5.76 Å². The Morgan fingerprint density at radius 1 is 1.30 bits per heavy atom. The molecule has 108 valence electrons. The minimum absolute atomic E-state index is 0.146. The molecule has 2 rings (SSSR count). The van der Waals surface area contributed by atoms with Crippen LogP contribution >= 0.6 is 11.8 Å². The van der Waals surface area contributed by atoms with Gasteiger partial charge in [-0.1, -0.05) is 17.8 Å². The Morgan fingerprint density at radius 3 is 2.80 bits per heavy atom. The molecule has 0 spiro atoms. The van der Waals surface area contributed by atoms with Crippen LogP contribution in [0.25, 0.3) is 0 Å². The van der Waals surface area contributed by atoms with Crippen molar-refractivity contribution < 1.29 is 13.2 Å². The summed E-state index contributed by atoms with van der Waals surface area (Å²) >= 11 is 0.563. The van der Waals surface area contributed by atoms with Crippen molar-refractivity contribution in [1.29, 1.82) is 0 Å². The zero-order valence-electron chi connectivity index (χ0n) is 11.1. The summed E-state index contributed by atoms with van der Waals surface area (Å²) in [6, 6.07) is 7.58. The second-order valence-electron chi connectivity index (χ2n) is 4.33. The van der Waals surface area contributed by atoms with Gasteiger partial charge in [0.15, 0.2) is 0 Å². The van der Waals surface area contributed by atoms with E-state index in [9.17, 15) is 8.78 Å². The zero-order chi connectivity index (χ0) is 14.4. The Morgan fingerprint density at radius 2 is 2.10 bits per heavy atom. The van der Waals surface area contributed by atoms with Crippen molar-refractivity contribution in [1.82, 2.24) is 10.3 Å². The van der Waals surface area contributed by atoms with Crippen molar-refractivity contribution in [2.75, 3.05) is 0 Å². The minimum Gasteiger partial charge on any atom is -0.464 e. The molecule has 0 fully saturated rings. The van der Waals surface area contributed by atoms with E-state index in [1.54, 1.807) is 12.3 Å². The molecule has 0 aliphatic carbocycles. The highest BCUT2D eigenvalue weighted by Gasteiger charge is 2.09. The highest BCUT2D eigenvalue weighted by Crippen LogP contribution is 2.21. The second-order valence-corrected chi connectivity index (χ2v) is 5.31. The van der Waals surface area contributed by atoms with Gasteiger partial charge >= 0.3 is 0 Å². The lowest BCUT2D eigenvalue weighted by atomic mass is 10.1. The molecule has 0 bridgehead atoms. The lowest BCUT2D eigenvalue weighted by molar-refractivity contribution is 0.251. The number of nitrogens with one attached hydrogen (secondary N) is 1. The van der Waals surface area contributed by atoms with Crippen molar-refractivity contribution in [3.63, 3.8) is 0 Å². The fourth-order valence-electron chi connectivity index (χ4n) is 1.74. The number of hydrogen-bond donors (Lipinski definition) is 1. The molecule has 2 heterocycles. The minimum atomic E-state index is -2.37. The van der Waals surface area contributed by atoms with Crippen LogP contribution in [0.3, 0.4) is 0 Å². The first-order chi connectivity index (χ1) is 9.65. The van der Waals surface area contributed by atoms with Crippen LogP contribution in [0.5, 0.6) is 0 Å². The van der Waals surface area contributed by atoms with Gasteiger partial charge in [-0.15, -0.1) is 0 Å². The van der Waals surface area contributed by atoms with Crippen LogP contribution in [0, 0.1) is 0 Å². The van der Waals surface area contributed by atoms with Gasteiger partial charge in [0.25, 0.3) is 5.76 Å². The van der Waals surface area contributed by atoms with Gasteiger partial charge in [-0.2, -0.15) is 8.78 Å². The standard InChI is InChI=1S/C14H16F2N2OS/c1-10(11-3-2-6-17-7-11)18-8-12-4-5-13(19-12)9-20-14(15)16/h2-7,10,14,18H,8-9H2,1H3/t10-/m0/s1. The third-order valence-corrected chi connectivity index (χ3v) is 3.54. The van der Waals surface area contributed by atoms with E-state index in [4.69, 9.17) is 4.42 Å². The van der Waals surface area contributed by atoms with Gasteiger partial charge in [-0.3, -0.25) is 4.98 Å². The van der Waals surface area contributed by atoms with Gasteiger partial charge in [0.2, 0.25) is 0 Å². The fourth-order valence-corrected chi connectivity index (χ4v) is 2.19. The van der Waals surface area contributed by atoms with Gasteiger partial charge in [-0.05, 0) is 30.7 Å². The van der Waals surface area contributed by atoms with Crippen LogP contribution in [0.4, 0.5) is 8.78 Å². The molecular weight excluding hydrogens is 282 g/mol. The summed E-state index contributed by atoms with van der Waals surface area (Å²) in [5.41, 5.74) is 1.09. The summed E-state index contributed by atoms with van der Waals surface area (Å²) in [4.78, 5) is 4.07. The Hall–Kier alpha value is -1.40. The highest BCUT2D eigenvalue weighted by molar-refractivity contribution is 7.98. The van der Waals surface area contributed by atoms with Crippen molar-refractivity contribution in [3.8, 4) is 0 Å². The van der Waals surface area contributed by atoms with E-state index in [0.717, 1.165) is 11.3 Å². The maximum atomic E-state index is 12.1. The molecule has 0 aliphatic heterocycles. The third-order valence-electron chi connectivity index (χ3n) is 2.84. The van der Waals surface area contributed by atoms with Gasteiger partial charge in [-0.25, -0.2) is 0 Å². The normalized spacial score (nSPS) is 12.8. The molecule has 2 aromatic rings. The van der Waals surface area contributed by atoms with Gasteiger partial charge in [0.05, 0.1) is 12.3 Å². The summed E-state index contributed by atoms with van der Waals surface area (Å²) in [6.45, 7) is 2.59. The fraction of sp³-hybridized carbons (Fsp3) is 0.357. The Bertz CT molecular complexity index is 519. The summed E-state index contributed by atoms with van der Waals surface area (Å²) in [5, 5.41) is 3.30. The first-order valence-corrected chi connectivity index (χ1v) is 7.30. The number of alkyl halides is 2. The van der Waals surface area contributed by atoms with Crippen molar-refractivity contribution in [3.05, 3.63) is 53.7 Å². The van der Waals surface area contributed by atoms with Crippen LogP contribution in [0.2, 0.25) is 0 Å². The summed E-state index contributed by atoms with van der Waals surface area (Å²) in [6.07, 6.45) is 3.54. The van der Waals surface area contributed by atoms with E-state index in [1.807, 2.05) is 31.3 Å². The van der Waals surface area contributed by atoms with Crippen molar-refractivity contribution in [2.45, 2.75) is 31.0 Å². The van der Waals surface area contributed by atoms with E-state index in [0.29, 0.717) is 24.1 Å². The smallest absolute Gasteiger partial charge is 0.284 e. The zero-order valence-corrected chi connectivity index (χ0v) is 11.9. The molecule has 0 saturated carbocycles. The van der Waals surface area contributed by atoms with Crippen LogP contribution < -0.4 is 5.32 Å². The van der Waals surface area contributed by atoms with E-state index >= 15 is 0 Å². The second kappa shape index (κ2) is 7.40. The molecule has 0 aliphatic rings. The molecule has 0 unspecified atom stereocenters. The van der Waals surface area contributed by atoms with E-state index in [2.05, 4.69) is 10.3 Å². The van der Waals surface area contributed by atoms with Crippen LogP contribution in [0.1, 0.15) is 30.0 Å². The first-order valence-electron chi connectivity index (χ1n) is 6.26. The molecule has 1 atom stereocenters. The number of nitrogens with zero attached hydrogens (tertiary/aromatic N) is 1. The Kier molecular flexibility index (Phi) is 5.55. The monoisotopic (exact) mass is 298 g/mol. The van der Waals surface area contributed by atoms with Crippen LogP contribution in [-0.2, 0) is 12.3 Å². The lowest BCUT2D eigenvalue weighted by Crippen LogP contribution is -2.17. The maximum Gasteiger partial charge on any atom is 0.284 e. The van der Waals surface area contributed by atoms with Crippen LogP contribution in [-0.4, -0.2) is 10.7 Å². The highest BCUT2D eigenvalue weighted by atomic mass is 32.2. The van der Waals surface area contributed by atoms with Crippen LogP contribution in [0.15, 0.2) is 41.1 Å². The molecule has 3 nitrogen and oxygen atoms in total. The number of aromatic nitrogens is 1. The number of halogens is 2. The molecule has 1 N–H and O–H groups in total. The number of rotatable bonds is 7. The molecule has 0 amide bonds.